The number of carbonyl (C=O) groups is 4. The van der Waals surface area contributed by atoms with E-state index in [1.165, 1.54) is 0 Å². The van der Waals surface area contributed by atoms with Gasteiger partial charge in [-0.05, 0) is 58.5 Å². The highest BCUT2D eigenvalue weighted by molar-refractivity contribution is 6.25. The average molecular weight is 428 g/mol. The maximum atomic E-state index is 13.1. The van der Waals surface area contributed by atoms with Gasteiger partial charge in [-0.25, -0.2) is 0 Å². The molecule has 166 valence electrons. The third-order valence-corrected chi connectivity index (χ3v) is 6.03. The van der Waals surface area contributed by atoms with Gasteiger partial charge in [-0.3, -0.25) is 29.4 Å². The lowest BCUT2D eigenvalue weighted by molar-refractivity contribution is -0.136. The van der Waals surface area contributed by atoms with Gasteiger partial charge in [0.25, 0.3) is 11.8 Å². The molecule has 0 bridgehead atoms. The second kappa shape index (κ2) is 8.76. The van der Waals surface area contributed by atoms with Gasteiger partial charge < -0.3 is 15.0 Å². The first kappa shape index (κ1) is 21.5. The largest absolute Gasteiger partial charge is 0.381 e. The highest BCUT2D eigenvalue weighted by Gasteiger charge is 2.46. The summed E-state index contributed by atoms with van der Waals surface area (Å²) in [7, 11) is 4.07. The first-order valence-corrected chi connectivity index (χ1v) is 10.7. The molecule has 4 amide bonds. The second-order valence-electron chi connectivity index (χ2n) is 8.64. The maximum absolute atomic E-state index is 13.1. The number of hydrogen-bond donors (Lipinski definition) is 2. The molecule has 9 nitrogen and oxygen atoms in total. The highest BCUT2D eigenvalue weighted by atomic mass is 16.5. The molecule has 2 fully saturated rings. The van der Waals surface area contributed by atoms with E-state index in [0.29, 0.717) is 11.3 Å². The predicted molar refractivity (Wildman–Crippen MR) is 113 cm³/mol. The van der Waals surface area contributed by atoms with Gasteiger partial charge in [-0.15, -0.1) is 0 Å². The Morgan fingerprint density at radius 3 is 2.65 bits per heavy atom. The number of benzene rings is 1. The van der Waals surface area contributed by atoms with Crippen LogP contribution in [-0.2, 0) is 14.3 Å². The van der Waals surface area contributed by atoms with Crippen LogP contribution in [-0.4, -0.2) is 78.9 Å². The minimum atomic E-state index is -0.957. The molecule has 2 N–H and O–H groups in total. The van der Waals surface area contributed by atoms with E-state index in [4.69, 9.17) is 4.74 Å². The van der Waals surface area contributed by atoms with E-state index >= 15 is 0 Å². The third kappa shape index (κ3) is 4.33. The summed E-state index contributed by atoms with van der Waals surface area (Å²) in [4.78, 5) is 52.8. The zero-order chi connectivity index (χ0) is 22.1. The van der Waals surface area contributed by atoms with Gasteiger partial charge in [0.1, 0.15) is 6.04 Å². The predicted octanol–water partition coefficient (Wildman–Crippen LogP) is 0.999. The number of nitrogens with one attached hydrogen (secondary N) is 2. The van der Waals surface area contributed by atoms with Crippen LogP contribution in [0.5, 0.6) is 0 Å². The molecule has 1 saturated heterocycles. The minimum Gasteiger partial charge on any atom is -0.381 e. The molecule has 1 aliphatic carbocycles. The van der Waals surface area contributed by atoms with E-state index < -0.39 is 23.8 Å². The van der Waals surface area contributed by atoms with Crippen LogP contribution >= 0.6 is 0 Å². The molecule has 1 aromatic rings. The Morgan fingerprint density at radius 2 is 1.94 bits per heavy atom. The van der Waals surface area contributed by atoms with Crippen molar-refractivity contribution in [3.05, 3.63) is 29.3 Å². The van der Waals surface area contributed by atoms with Crippen molar-refractivity contribution in [1.29, 1.82) is 0 Å². The summed E-state index contributed by atoms with van der Waals surface area (Å²) in [5.41, 5.74) is 1.18. The zero-order valence-electron chi connectivity index (χ0n) is 17.8. The number of amides is 4. The number of nitrogens with zero attached hydrogens (tertiary/aromatic N) is 2. The van der Waals surface area contributed by atoms with E-state index in [2.05, 4.69) is 15.5 Å². The summed E-state index contributed by atoms with van der Waals surface area (Å²) < 4.78 is 5.88. The van der Waals surface area contributed by atoms with Crippen molar-refractivity contribution in [3.63, 3.8) is 0 Å². The van der Waals surface area contributed by atoms with Crippen molar-refractivity contribution < 1.29 is 23.9 Å². The highest BCUT2D eigenvalue weighted by Crippen LogP contribution is 2.35. The van der Waals surface area contributed by atoms with Gasteiger partial charge in [0, 0.05) is 24.8 Å². The molecule has 0 aromatic heterocycles. The van der Waals surface area contributed by atoms with E-state index in [1.54, 1.807) is 18.2 Å². The molecule has 31 heavy (non-hydrogen) atoms. The van der Waals surface area contributed by atoms with Crippen LogP contribution in [0.4, 0.5) is 5.69 Å². The Kier molecular flexibility index (Phi) is 6.06. The monoisotopic (exact) mass is 428 g/mol. The molecule has 0 radical (unpaired) electrons. The van der Waals surface area contributed by atoms with Crippen molar-refractivity contribution in [2.75, 3.05) is 32.6 Å². The third-order valence-electron chi connectivity index (χ3n) is 6.03. The average Bonchev–Trinajstić information content (AvgIpc) is 2.94. The molecule has 9 heteroatoms. The quantitative estimate of drug-likeness (QED) is 0.470. The number of ether oxygens (including phenoxy) is 1. The Bertz CT molecular complexity index is 909. The number of fused-ring (bicyclic) bond motifs is 1. The Balaban J connectivity index is 1.38. The van der Waals surface area contributed by atoms with Crippen molar-refractivity contribution in [3.8, 4) is 0 Å². The first-order valence-electron chi connectivity index (χ1n) is 10.7. The van der Waals surface area contributed by atoms with Crippen LogP contribution in [0.15, 0.2) is 18.2 Å². The molecule has 4 rings (SSSR count). The molecule has 0 spiro atoms. The fourth-order valence-corrected chi connectivity index (χ4v) is 4.31. The van der Waals surface area contributed by atoms with Gasteiger partial charge in [0.05, 0.1) is 17.2 Å². The molecular weight excluding hydrogens is 400 g/mol. The van der Waals surface area contributed by atoms with Gasteiger partial charge in [-0.2, -0.15) is 0 Å². The SMILES string of the molecule is CN(C)CCCOC1CC(Nc2cccc3c2C(=O)N(C2CCC(=O)NC2=O)C3=O)C1. The molecule has 1 unspecified atom stereocenters. The van der Waals surface area contributed by atoms with Crippen molar-refractivity contribution in [1.82, 2.24) is 15.1 Å². The molecule has 1 aromatic carbocycles. The summed E-state index contributed by atoms with van der Waals surface area (Å²) in [6.45, 7) is 1.72. The van der Waals surface area contributed by atoms with E-state index in [1.807, 2.05) is 14.1 Å². The van der Waals surface area contributed by atoms with Gasteiger partial charge >= 0.3 is 0 Å². The van der Waals surface area contributed by atoms with Gasteiger partial charge in [-0.1, -0.05) is 6.07 Å². The lowest BCUT2D eigenvalue weighted by atomic mass is 9.88. The number of imide groups is 2. The molecule has 1 atom stereocenters. The second-order valence-corrected chi connectivity index (χ2v) is 8.64. The van der Waals surface area contributed by atoms with Crippen LogP contribution < -0.4 is 10.6 Å². The summed E-state index contributed by atoms with van der Waals surface area (Å²) in [5.74, 6) is -1.97. The van der Waals surface area contributed by atoms with Crippen LogP contribution in [0.3, 0.4) is 0 Å². The molecule has 2 heterocycles. The molecule has 1 saturated carbocycles. The normalized spacial score (nSPS) is 25.5. The van der Waals surface area contributed by atoms with Crippen molar-refractivity contribution >= 4 is 29.3 Å². The smallest absolute Gasteiger partial charge is 0.264 e. The number of rotatable bonds is 8. The van der Waals surface area contributed by atoms with Gasteiger partial charge in [0.2, 0.25) is 11.8 Å². The van der Waals surface area contributed by atoms with E-state index in [9.17, 15) is 19.2 Å². The van der Waals surface area contributed by atoms with Crippen LogP contribution in [0.1, 0.15) is 52.8 Å². The Hall–Kier alpha value is -2.78. The lowest BCUT2D eigenvalue weighted by Gasteiger charge is -2.36. The molecule has 2 aliphatic heterocycles. The summed E-state index contributed by atoms with van der Waals surface area (Å²) >= 11 is 0. The Morgan fingerprint density at radius 1 is 1.16 bits per heavy atom. The summed E-state index contributed by atoms with van der Waals surface area (Å²) in [6.07, 6.45) is 3.12. The minimum absolute atomic E-state index is 0.104. The number of carbonyl (C=O) groups excluding carboxylic acids is 4. The van der Waals surface area contributed by atoms with Crippen LogP contribution in [0.25, 0.3) is 0 Å². The summed E-state index contributed by atoms with van der Waals surface area (Å²) in [5, 5.41) is 5.58. The topological polar surface area (TPSA) is 108 Å². The van der Waals surface area contributed by atoms with E-state index in [0.717, 1.165) is 37.3 Å². The van der Waals surface area contributed by atoms with Crippen LogP contribution in [0, 0.1) is 0 Å². The fraction of sp³-hybridized carbons (Fsp3) is 0.545. The number of piperidine rings is 1. The Labute approximate surface area is 181 Å². The number of hydrogen-bond acceptors (Lipinski definition) is 7. The standard InChI is InChI=1S/C22H28N4O5/c1-25(2)9-4-10-31-14-11-13(12-14)23-16-6-3-5-15-19(16)22(30)26(21(15)29)17-7-8-18(27)24-20(17)28/h3,5-6,13-14,17,23H,4,7-12H2,1-2H3,(H,24,27,28). The lowest BCUT2D eigenvalue weighted by Crippen LogP contribution is -2.54. The maximum Gasteiger partial charge on any atom is 0.264 e. The number of anilines is 1. The van der Waals surface area contributed by atoms with Crippen LogP contribution in [0.2, 0.25) is 0 Å². The van der Waals surface area contributed by atoms with Crippen molar-refractivity contribution in [2.24, 2.45) is 0 Å². The molecule has 3 aliphatic rings. The summed E-state index contributed by atoms with van der Waals surface area (Å²) in [6, 6.07) is 4.32. The fourth-order valence-electron chi connectivity index (χ4n) is 4.31. The van der Waals surface area contributed by atoms with E-state index in [-0.39, 0.29) is 36.5 Å². The van der Waals surface area contributed by atoms with Gasteiger partial charge in [0.15, 0.2) is 0 Å². The van der Waals surface area contributed by atoms with Crippen molar-refractivity contribution in [2.45, 2.75) is 50.3 Å². The molecular formula is C22H28N4O5. The first-order chi connectivity index (χ1) is 14.8. The zero-order valence-corrected chi connectivity index (χ0v) is 17.8.